The van der Waals surface area contributed by atoms with Gasteiger partial charge in [0.05, 0.1) is 0 Å². The number of carbonyl (C=O) groups excluding carboxylic acids is 1. The summed E-state index contributed by atoms with van der Waals surface area (Å²) < 4.78 is 5.63. The molecular formula is C13H22N2O2S. The van der Waals surface area contributed by atoms with Gasteiger partial charge in [-0.15, -0.1) is 0 Å². The number of esters is 1. The molecule has 0 saturated carbocycles. The van der Waals surface area contributed by atoms with E-state index in [0.717, 1.165) is 12.8 Å². The third kappa shape index (κ3) is 2.20. The van der Waals surface area contributed by atoms with E-state index in [0.29, 0.717) is 11.0 Å². The number of nitrogens with zero attached hydrogens (tertiary/aromatic N) is 1. The minimum absolute atomic E-state index is 0.144. The van der Waals surface area contributed by atoms with Gasteiger partial charge in [-0.05, 0) is 45.3 Å². The summed E-state index contributed by atoms with van der Waals surface area (Å²) >= 11 is 5.43. The van der Waals surface area contributed by atoms with Crippen LogP contribution in [0.4, 0.5) is 0 Å². The predicted octanol–water partition coefficient (Wildman–Crippen LogP) is 2.03. The van der Waals surface area contributed by atoms with Crippen LogP contribution in [0.2, 0.25) is 0 Å². The maximum Gasteiger partial charge on any atom is 0.331 e. The molecule has 0 aromatic rings. The summed E-state index contributed by atoms with van der Waals surface area (Å²) in [6, 6.07) is -0.244. The fraction of sp³-hybridized carbons (Fsp3) is 0.846. The summed E-state index contributed by atoms with van der Waals surface area (Å²) in [6.45, 7) is 10.3. The van der Waals surface area contributed by atoms with E-state index in [9.17, 15) is 4.79 Å². The van der Waals surface area contributed by atoms with Crippen LogP contribution in [-0.2, 0) is 9.53 Å². The molecule has 1 N–H and O–H groups in total. The van der Waals surface area contributed by atoms with Crippen LogP contribution in [0.5, 0.6) is 0 Å². The minimum Gasteiger partial charge on any atom is -0.437 e. The highest BCUT2D eigenvalue weighted by atomic mass is 32.1. The van der Waals surface area contributed by atoms with Gasteiger partial charge in [0.15, 0.2) is 10.8 Å². The van der Waals surface area contributed by atoms with E-state index in [2.05, 4.69) is 33.0 Å². The fourth-order valence-corrected chi connectivity index (χ4v) is 3.71. The first-order valence-corrected chi connectivity index (χ1v) is 6.90. The van der Waals surface area contributed by atoms with E-state index < -0.39 is 5.72 Å². The van der Waals surface area contributed by atoms with Gasteiger partial charge in [-0.2, -0.15) is 0 Å². The Labute approximate surface area is 114 Å². The van der Waals surface area contributed by atoms with Crippen molar-refractivity contribution in [2.45, 2.75) is 64.8 Å². The van der Waals surface area contributed by atoms with Gasteiger partial charge in [-0.1, -0.05) is 13.8 Å². The van der Waals surface area contributed by atoms with Crippen molar-refractivity contribution in [2.75, 3.05) is 0 Å². The first kappa shape index (κ1) is 13.6. The van der Waals surface area contributed by atoms with Gasteiger partial charge >= 0.3 is 5.97 Å². The molecule has 2 aliphatic heterocycles. The lowest BCUT2D eigenvalue weighted by Gasteiger charge is -2.48. The van der Waals surface area contributed by atoms with Gasteiger partial charge in [0.1, 0.15) is 6.04 Å². The summed E-state index contributed by atoms with van der Waals surface area (Å²) in [5.41, 5.74) is -0.738. The maximum absolute atomic E-state index is 12.1. The van der Waals surface area contributed by atoms with Crippen LogP contribution in [0.1, 0.15) is 47.5 Å². The molecule has 0 unspecified atom stereocenters. The highest BCUT2D eigenvalue weighted by Crippen LogP contribution is 2.40. The molecule has 18 heavy (non-hydrogen) atoms. The Morgan fingerprint density at radius 2 is 2.11 bits per heavy atom. The van der Waals surface area contributed by atoms with Crippen molar-refractivity contribution in [1.82, 2.24) is 10.2 Å². The van der Waals surface area contributed by atoms with Crippen molar-refractivity contribution in [3.63, 3.8) is 0 Å². The van der Waals surface area contributed by atoms with E-state index >= 15 is 0 Å². The lowest BCUT2D eigenvalue weighted by molar-refractivity contribution is -0.153. The van der Waals surface area contributed by atoms with Crippen molar-refractivity contribution < 1.29 is 9.53 Å². The Balaban J connectivity index is 2.31. The number of nitrogens with one attached hydrogen (secondary N) is 1. The standard InChI is InChI=1S/C13H22N2O2S/c1-8(2)6-9-10(16)17-13(5)7-12(3,4)14-11(18)15(9)13/h8-9H,6-7H2,1-5H3,(H,14,18)/t9-,13+/m1/s1. The molecule has 2 heterocycles. The Morgan fingerprint density at radius 1 is 1.50 bits per heavy atom. The fourth-order valence-electron chi connectivity index (χ4n) is 3.11. The molecule has 2 fully saturated rings. The van der Waals surface area contributed by atoms with Crippen LogP contribution in [0.25, 0.3) is 0 Å². The molecule has 2 rings (SSSR count). The Bertz CT molecular complexity index is 394. The second kappa shape index (κ2) is 4.08. The Kier molecular flexibility index (Phi) is 3.08. The smallest absolute Gasteiger partial charge is 0.331 e. The minimum atomic E-state index is -0.595. The van der Waals surface area contributed by atoms with Gasteiger partial charge in [0.2, 0.25) is 0 Å². The summed E-state index contributed by atoms with van der Waals surface area (Å²) in [5.74, 6) is 0.288. The lowest BCUT2D eigenvalue weighted by Crippen LogP contribution is -2.66. The van der Waals surface area contributed by atoms with Crippen LogP contribution in [0.3, 0.4) is 0 Å². The molecule has 5 heteroatoms. The molecule has 0 aromatic carbocycles. The topological polar surface area (TPSA) is 41.6 Å². The highest BCUT2D eigenvalue weighted by Gasteiger charge is 2.56. The summed E-state index contributed by atoms with van der Waals surface area (Å²) in [6.07, 6.45) is 1.51. The number of hydrogen-bond acceptors (Lipinski definition) is 3. The van der Waals surface area contributed by atoms with Crippen molar-refractivity contribution in [3.05, 3.63) is 0 Å². The first-order valence-electron chi connectivity index (χ1n) is 6.49. The number of rotatable bonds is 2. The third-order valence-corrected chi connectivity index (χ3v) is 3.84. The number of thiocarbonyl (C=S) groups is 1. The van der Waals surface area contributed by atoms with Gasteiger partial charge in [0, 0.05) is 12.0 Å². The van der Waals surface area contributed by atoms with Crippen LogP contribution >= 0.6 is 12.2 Å². The number of hydrogen-bond donors (Lipinski definition) is 1. The zero-order valence-corrected chi connectivity index (χ0v) is 12.6. The van der Waals surface area contributed by atoms with Crippen LogP contribution in [0.15, 0.2) is 0 Å². The quantitative estimate of drug-likeness (QED) is 0.614. The summed E-state index contributed by atoms with van der Waals surface area (Å²) in [4.78, 5) is 14.0. The normalized spacial score (nSPS) is 34.3. The first-order chi connectivity index (χ1) is 8.15. The average molecular weight is 270 g/mol. The second-order valence-electron chi connectivity index (χ2n) is 6.60. The molecule has 0 amide bonds. The van der Waals surface area contributed by atoms with Gasteiger partial charge < -0.3 is 10.1 Å². The number of ether oxygens (including phenoxy) is 1. The van der Waals surface area contributed by atoms with E-state index in [1.54, 1.807) is 0 Å². The number of fused-ring (bicyclic) bond motifs is 1. The SMILES string of the molecule is CC(C)C[C@@H]1C(=O)O[C@@]2(C)CC(C)(C)NC(=S)N12. The van der Waals surface area contributed by atoms with Crippen LogP contribution in [0, 0.1) is 5.92 Å². The molecule has 0 bridgehead atoms. The van der Waals surface area contributed by atoms with E-state index in [1.807, 2.05) is 11.8 Å². The molecule has 2 aliphatic rings. The Hall–Kier alpha value is -0.840. The largest absolute Gasteiger partial charge is 0.437 e. The number of carbonyl (C=O) groups is 1. The maximum atomic E-state index is 12.1. The molecule has 0 aliphatic carbocycles. The summed E-state index contributed by atoms with van der Waals surface area (Å²) in [5, 5.41) is 3.93. The highest BCUT2D eigenvalue weighted by molar-refractivity contribution is 7.80. The third-order valence-electron chi connectivity index (χ3n) is 3.54. The van der Waals surface area contributed by atoms with E-state index in [1.165, 1.54) is 0 Å². The van der Waals surface area contributed by atoms with E-state index in [4.69, 9.17) is 17.0 Å². The van der Waals surface area contributed by atoms with E-state index in [-0.39, 0.29) is 17.6 Å². The molecule has 2 atom stereocenters. The Morgan fingerprint density at radius 3 is 2.67 bits per heavy atom. The van der Waals surface area contributed by atoms with Crippen LogP contribution < -0.4 is 5.32 Å². The van der Waals surface area contributed by atoms with Gasteiger partial charge in [0.25, 0.3) is 0 Å². The second-order valence-corrected chi connectivity index (χ2v) is 6.99. The average Bonchev–Trinajstić information content (AvgIpc) is 2.33. The van der Waals surface area contributed by atoms with Crippen molar-refractivity contribution in [3.8, 4) is 0 Å². The molecule has 0 spiro atoms. The zero-order valence-electron chi connectivity index (χ0n) is 11.7. The van der Waals surface area contributed by atoms with Crippen molar-refractivity contribution >= 4 is 23.3 Å². The van der Waals surface area contributed by atoms with Crippen molar-refractivity contribution in [2.24, 2.45) is 5.92 Å². The lowest BCUT2D eigenvalue weighted by atomic mass is 9.89. The molecule has 0 radical (unpaired) electrons. The molecule has 2 saturated heterocycles. The molecule has 4 nitrogen and oxygen atoms in total. The monoisotopic (exact) mass is 270 g/mol. The van der Waals surface area contributed by atoms with Crippen molar-refractivity contribution in [1.29, 1.82) is 0 Å². The zero-order chi connectivity index (χ0) is 13.7. The summed E-state index contributed by atoms with van der Waals surface area (Å²) in [7, 11) is 0. The molecule has 102 valence electrons. The van der Waals surface area contributed by atoms with Gasteiger partial charge in [-0.25, -0.2) is 4.79 Å². The molecule has 0 aromatic heterocycles. The van der Waals surface area contributed by atoms with Gasteiger partial charge in [-0.3, -0.25) is 4.90 Å². The predicted molar refractivity (Wildman–Crippen MR) is 74.0 cm³/mol. The van der Waals surface area contributed by atoms with Crippen LogP contribution in [-0.4, -0.2) is 33.3 Å². The molecular weight excluding hydrogens is 248 g/mol.